The first-order chi connectivity index (χ1) is 52.1. The molecule has 11 atom stereocenters. The van der Waals surface area contributed by atoms with Crippen molar-refractivity contribution in [2.24, 2.45) is 0 Å². The van der Waals surface area contributed by atoms with E-state index in [2.05, 4.69) is 83.4 Å². The number of phosphoric ester groups is 2. The summed E-state index contributed by atoms with van der Waals surface area (Å²) in [5, 5.41) is 6.07. The molecule has 0 radical (unpaired) electrons. The zero-order valence-corrected chi connectivity index (χ0v) is 68.8. The number of amides is 2. The normalized spacial score (nSPS) is 20.7. The Morgan fingerprint density at radius 1 is 0.430 bits per heavy atom. The second kappa shape index (κ2) is 65.8. The van der Waals surface area contributed by atoms with Crippen LogP contribution in [0.2, 0.25) is 0 Å². The number of unbranched alkanes of at least 4 members (excludes halogenated alkanes) is 30. The minimum atomic E-state index is -4.73. The Hall–Kier alpha value is -3.74. The van der Waals surface area contributed by atoms with Crippen molar-refractivity contribution >= 4 is 39.4 Å². The van der Waals surface area contributed by atoms with Gasteiger partial charge in [-0.05, 0) is 57.8 Å². The van der Waals surface area contributed by atoms with Gasteiger partial charge in [0, 0.05) is 40.3 Å². The molecule has 0 saturated carbocycles. The lowest BCUT2D eigenvalue weighted by Crippen LogP contribution is -2.68. The van der Waals surface area contributed by atoms with Crippen molar-refractivity contribution in [3.8, 4) is 0 Å². The molecule has 0 aliphatic carbocycles. The number of methoxy groups -OCH3 is 2. The molecule has 2 N–H and O–H groups in total. The van der Waals surface area contributed by atoms with Crippen LogP contribution < -0.4 is 10.6 Å². The van der Waals surface area contributed by atoms with E-state index < -0.39 is 102 Å². The van der Waals surface area contributed by atoms with E-state index in [1.807, 2.05) is 0 Å². The Kier molecular flexibility index (Phi) is 61.1. The molecule has 2 fully saturated rings. The molecule has 2 saturated heterocycles. The highest BCUT2D eigenvalue weighted by Crippen LogP contribution is 2.54. The van der Waals surface area contributed by atoms with Gasteiger partial charge in [0.05, 0.1) is 52.2 Å². The number of Topliss-reactive ketones (excluding diaryl/α,β-unsaturated/α-hetero) is 1. The van der Waals surface area contributed by atoms with Crippen LogP contribution in [0.5, 0.6) is 0 Å². The zero-order chi connectivity index (χ0) is 78.3. The van der Waals surface area contributed by atoms with Gasteiger partial charge in [0.2, 0.25) is 11.8 Å². The van der Waals surface area contributed by atoms with Crippen molar-refractivity contribution in [2.45, 2.75) is 352 Å². The largest absolute Gasteiger partial charge is 0.509 e. The lowest BCUT2D eigenvalue weighted by molar-refractivity contribution is -0.301. The van der Waals surface area contributed by atoms with Gasteiger partial charge >= 0.3 is 21.8 Å². The third-order valence-corrected chi connectivity index (χ3v) is 21.6. The van der Waals surface area contributed by atoms with E-state index in [1.54, 1.807) is 7.11 Å². The van der Waals surface area contributed by atoms with Crippen LogP contribution >= 0.6 is 15.6 Å². The van der Waals surface area contributed by atoms with Gasteiger partial charge < -0.3 is 53.3 Å². The molecule has 0 aromatic carbocycles. The molecule has 0 unspecified atom stereocenters. The predicted octanol–water partition coefficient (Wildman–Crippen LogP) is 19.8. The summed E-state index contributed by atoms with van der Waals surface area (Å²) in [7, 11) is -6.19. The number of carbonyl (C=O) groups is 4. The van der Waals surface area contributed by atoms with Crippen LogP contribution in [-0.2, 0) is 93.3 Å². The van der Waals surface area contributed by atoms with Gasteiger partial charge in [0.1, 0.15) is 55.0 Å². The molecule has 25 heteroatoms. The fourth-order valence-corrected chi connectivity index (χ4v) is 15.4. The van der Waals surface area contributed by atoms with Crippen molar-refractivity contribution in [3.63, 3.8) is 0 Å². The average molecular weight is 1560 g/mol. The van der Waals surface area contributed by atoms with Crippen LogP contribution in [0.25, 0.3) is 0 Å². The molecule has 0 aromatic heterocycles. The Morgan fingerprint density at radius 3 is 1.36 bits per heavy atom. The highest BCUT2D eigenvalue weighted by Gasteiger charge is 2.56. The lowest BCUT2D eigenvalue weighted by Gasteiger charge is -2.48. The van der Waals surface area contributed by atoms with Gasteiger partial charge in [0.25, 0.3) is 0 Å². The minimum absolute atomic E-state index is 0.0443. The number of ether oxygens (including phenoxy) is 9. The maximum Gasteiger partial charge on any atom is 0.509 e. The van der Waals surface area contributed by atoms with Crippen LogP contribution in [0.4, 0.5) is 4.79 Å². The summed E-state index contributed by atoms with van der Waals surface area (Å²) in [5.41, 5.74) is 0. The summed E-state index contributed by atoms with van der Waals surface area (Å²) in [6.07, 6.45) is 35.4. The van der Waals surface area contributed by atoms with Crippen LogP contribution in [0.3, 0.4) is 0 Å². The van der Waals surface area contributed by atoms with Gasteiger partial charge in [-0.15, -0.1) is 26.3 Å². The quantitative estimate of drug-likeness (QED) is 0.0188. The van der Waals surface area contributed by atoms with Crippen LogP contribution in [0.1, 0.15) is 285 Å². The Morgan fingerprint density at radius 2 is 0.850 bits per heavy atom. The first-order valence-corrected chi connectivity index (χ1v) is 44.0. The van der Waals surface area contributed by atoms with E-state index in [-0.39, 0.29) is 83.5 Å². The number of ketones is 1. The minimum Gasteiger partial charge on any atom is -0.430 e. The maximum atomic E-state index is 14.9. The fourth-order valence-electron chi connectivity index (χ4n) is 12.9. The van der Waals surface area contributed by atoms with E-state index in [0.29, 0.717) is 25.7 Å². The van der Waals surface area contributed by atoms with Crippen LogP contribution in [0.15, 0.2) is 75.4 Å². The lowest BCUT2D eigenvalue weighted by atomic mass is 9.95. The van der Waals surface area contributed by atoms with Crippen molar-refractivity contribution in [3.05, 3.63) is 75.4 Å². The van der Waals surface area contributed by atoms with E-state index in [1.165, 1.54) is 88.9 Å². The Balaban J connectivity index is 2.92. The number of hydrogen-bond acceptors (Lipinski definition) is 21. The van der Waals surface area contributed by atoms with Gasteiger partial charge in [-0.1, -0.05) is 257 Å². The van der Waals surface area contributed by atoms with Gasteiger partial charge in [-0.2, -0.15) is 0 Å². The molecule has 0 aromatic rings. The molecule has 107 heavy (non-hydrogen) atoms. The maximum absolute atomic E-state index is 14.9. The topological polar surface area (TPSA) is 265 Å². The molecule has 0 spiro atoms. The molecule has 2 aliphatic heterocycles. The van der Waals surface area contributed by atoms with Crippen molar-refractivity contribution in [2.75, 3.05) is 73.7 Å². The number of nitrogens with one attached hydrogen (secondary N) is 2. The summed E-state index contributed by atoms with van der Waals surface area (Å²) < 4.78 is 124. The third kappa shape index (κ3) is 46.8. The number of allylic oxidation sites excluding steroid dienone is 2. The van der Waals surface area contributed by atoms with Crippen LogP contribution in [0, 0.1) is 0 Å². The van der Waals surface area contributed by atoms with E-state index in [0.717, 1.165) is 161 Å². The summed E-state index contributed by atoms with van der Waals surface area (Å²) in [6.45, 7) is 25.3. The molecule has 2 amide bonds. The third-order valence-electron chi connectivity index (χ3n) is 18.7. The second-order valence-electron chi connectivity index (χ2n) is 28.0. The average Bonchev–Trinajstić information content (AvgIpc) is 0.778. The molecule has 620 valence electrons. The molecule has 2 rings (SSSR count). The molecular weight excluding hydrogens is 1410 g/mol. The van der Waals surface area contributed by atoms with Crippen molar-refractivity contribution in [1.82, 2.24) is 10.6 Å². The number of rotatable bonds is 74. The summed E-state index contributed by atoms with van der Waals surface area (Å²) in [5.74, 6) is -1.44. The van der Waals surface area contributed by atoms with Gasteiger partial charge in [0.15, 0.2) is 18.7 Å². The molecule has 23 nitrogen and oxygen atoms in total. The zero-order valence-electron chi connectivity index (χ0n) is 67.0. The first-order valence-electron chi connectivity index (χ1n) is 41.0. The SMILES string of the molecule is C=CCOC(=O)O[C@H]1[C@H](OCCCCCCCCCC)[C@@H](NC(=O)CC(=O)CCCCCCCCCCC)[C@@H](OP(=O)(OCC=C)OCC=C)O[C@@H]1CO[C@@H]1O[C@H](COC)[C@@H](OP(=O)(OCC=C)OCC=C)[C@H](OCC[C@@H](CCCCCCC)OC)[C@H]1NC(=O)CCCCCCCCC/C=C\CCCCCC. The highest BCUT2D eigenvalue weighted by molar-refractivity contribution is 7.48. The summed E-state index contributed by atoms with van der Waals surface area (Å²) in [6, 6.07) is -2.81. The standard InChI is InChI=1S/C82H146N2O21P2/c1-12-21-25-29-32-35-36-37-38-39-40-42-44-48-52-56-72(86)83-74-79(94-64-57-69(92-11)55-51-46-28-24-15-4)77(104-106(89,97-59-17-6)98-60-18-7)70(66-91-10)101-80(74)96-67-71-76(103-82(88)95-58-16-5)78(93-63-53-49-45-34-31-27-23-14-3)75(81(102-71)105-107(90,99-61-19-8)100-62-20-9)84-73(87)65-68(85)54-50-47-43-41-33-30-26-22-13-2/h16-20,35-36,69-71,74-81H,5-9,12-15,21-34,37-67H2,1-4,10-11H3,(H,83,86)(H,84,87)/b36-35-/t69-,70-,71-,74-,75-,76-,77-,78-,79-,80-,81-/m1/s1. The Labute approximate surface area is 646 Å². The number of hydrogen-bond donors (Lipinski definition) is 2. The first kappa shape index (κ1) is 99.3. The second-order valence-corrected chi connectivity index (χ2v) is 31.3. The van der Waals surface area contributed by atoms with E-state index in [4.69, 9.17) is 69.8 Å². The van der Waals surface area contributed by atoms with Crippen molar-refractivity contribution in [1.29, 1.82) is 0 Å². The van der Waals surface area contributed by atoms with Crippen molar-refractivity contribution < 1.29 is 98.1 Å². The smallest absolute Gasteiger partial charge is 0.430 e. The van der Waals surface area contributed by atoms with Crippen LogP contribution in [-0.4, -0.2) is 165 Å². The Bertz CT molecular complexity index is 2430. The fraction of sp³-hybridized carbons (Fsp3) is 0.805. The highest BCUT2D eigenvalue weighted by atomic mass is 31.2. The van der Waals surface area contributed by atoms with E-state index in [9.17, 15) is 28.3 Å². The summed E-state index contributed by atoms with van der Waals surface area (Å²) in [4.78, 5) is 57.0. The summed E-state index contributed by atoms with van der Waals surface area (Å²) >= 11 is 0. The molecular formula is C82H146N2O21P2. The molecule has 2 aliphatic rings. The number of carbonyl (C=O) groups excluding carboxylic acids is 4. The van der Waals surface area contributed by atoms with E-state index >= 15 is 0 Å². The monoisotopic (exact) mass is 1560 g/mol. The van der Waals surface area contributed by atoms with Gasteiger partial charge in [-0.25, -0.2) is 13.9 Å². The number of phosphoric acid groups is 2. The van der Waals surface area contributed by atoms with Gasteiger partial charge in [-0.3, -0.25) is 41.5 Å². The predicted molar refractivity (Wildman–Crippen MR) is 423 cm³/mol. The molecule has 0 bridgehead atoms. The molecule has 2 heterocycles.